The first kappa shape index (κ1) is 83.0. The van der Waals surface area contributed by atoms with Crippen LogP contribution in [0.25, 0.3) is 0 Å². The Balaban J connectivity index is 1.19. The number of hydrogen-bond acceptors (Lipinski definition) is 18. The number of ether oxygens (including phenoxy) is 6. The Kier molecular flexibility index (Phi) is 49.7. The minimum absolute atomic E-state index is 0.243. The highest BCUT2D eigenvalue weighted by Crippen LogP contribution is 2.33. The molecule has 0 bridgehead atoms. The third-order valence-electron chi connectivity index (χ3n) is 19.2. The Morgan fingerprint density at radius 2 is 0.633 bits per heavy atom. The highest BCUT2D eigenvalue weighted by Gasteiger charge is 2.53. The molecule has 17 atom stereocenters. The SMILES string of the molecule is CCCCCCCCCCCCCCCCCCCCCCCCCCCCCCCCCCCCCCCCCCC(=O)NC(COC1OC(CO)C(OC2OC(CO)C(OC3OC(CO)C(O)C(O)C3O)C(O)C2O)C(O)C1O)C(O)CCCCCCC. The maximum Gasteiger partial charge on any atom is 0.220 e. The molecule has 3 fully saturated rings. The van der Waals surface area contributed by atoms with Crippen molar-refractivity contribution in [3.05, 3.63) is 0 Å². The molecule has 3 heterocycles. The standard InChI is InChI=1S/C71H137NO18/c1-3-5-7-9-10-11-12-13-14-15-16-17-18-19-20-21-22-23-24-25-26-27-28-29-30-31-32-33-34-35-36-37-38-39-40-41-42-43-45-47-49-59(77)72-54(55(76)48-46-44-8-6-4-2)53-85-69-65(83)62(80)67(57(51-74)87-69)90-71-66(84)63(81)68(58(52-75)88-71)89-70-64(82)61(79)60(78)56(50-73)86-70/h54-58,60-71,73-76,78-84H,3-53H2,1-2H3,(H,72,77). The van der Waals surface area contributed by atoms with Crippen LogP contribution in [0.5, 0.6) is 0 Å². The minimum atomic E-state index is -1.97. The topological polar surface area (TPSA) is 307 Å². The minimum Gasteiger partial charge on any atom is -0.394 e. The average molecular weight is 1290 g/mol. The summed E-state index contributed by atoms with van der Waals surface area (Å²) in [6.07, 6.45) is 33.4. The van der Waals surface area contributed by atoms with Crippen molar-refractivity contribution in [2.24, 2.45) is 0 Å². The van der Waals surface area contributed by atoms with E-state index < -0.39 is 124 Å². The van der Waals surface area contributed by atoms with Gasteiger partial charge in [-0.3, -0.25) is 4.79 Å². The molecule has 0 aromatic carbocycles. The summed E-state index contributed by atoms with van der Waals surface area (Å²) in [5, 5.41) is 120. The second kappa shape index (κ2) is 53.9. The van der Waals surface area contributed by atoms with Crippen molar-refractivity contribution < 1.29 is 89.4 Å². The Morgan fingerprint density at radius 1 is 0.356 bits per heavy atom. The van der Waals surface area contributed by atoms with Crippen molar-refractivity contribution in [1.29, 1.82) is 0 Å². The van der Waals surface area contributed by atoms with Crippen molar-refractivity contribution in [2.75, 3.05) is 26.4 Å². The van der Waals surface area contributed by atoms with E-state index in [-0.39, 0.29) is 18.9 Å². The number of carbonyl (C=O) groups is 1. The molecule has 3 aliphatic rings. The Hall–Kier alpha value is -1.21. The molecule has 0 aliphatic carbocycles. The summed E-state index contributed by atoms with van der Waals surface area (Å²) in [5.41, 5.74) is 0. The molecule has 90 heavy (non-hydrogen) atoms. The van der Waals surface area contributed by atoms with E-state index in [0.29, 0.717) is 12.8 Å². The first-order chi connectivity index (χ1) is 43.8. The van der Waals surface area contributed by atoms with Gasteiger partial charge in [0, 0.05) is 6.42 Å². The van der Waals surface area contributed by atoms with Crippen LogP contribution < -0.4 is 5.32 Å². The van der Waals surface area contributed by atoms with Crippen LogP contribution in [0.2, 0.25) is 0 Å². The number of unbranched alkanes of at least 4 members (excludes halogenated alkanes) is 43. The van der Waals surface area contributed by atoms with Gasteiger partial charge in [-0.15, -0.1) is 0 Å². The maximum absolute atomic E-state index is 13.3. The lowest BCUT2D eigenvalue weighted by Crippen LogP contribution is -2.66. The number of nitrogens with one attached hydrogen (secondary N) is 1. The normalized spacial score (nSPS) is 27.9. The van der Waals surface area contributed by atoms with Gasteiger partial charge in [0.2, 0.25) is 5.91 Å². The van der Waals surface area contributed by atoms with E-state index in [1.54, 1.807) is 0 Å². The first-order valence-electron chi connectivity index (χ1n) is 37.3. The van der Waals surface area contributed by atoms with E-state index in [1.165, 1.54) is 231 Å². The zero-order valence-electron chi connectivity index (χ0n) is 56.7. The first-order valence-corrected chi connectivity index (χ1v) is 37.3. The number of rotatable bonds is 59. The summed E-state index contributed by atoms with van der Waals surface area (Å²) < 4.78 is 34.2. The van der Waals surface area contributed by atoms with Crippen LogP contribution in [0.3, 0.4) is 0 Å². The summed E-state index contributed by atoms with van der Waals surface area (Å²) in [5.74, 6) is -0.243. The molecule has 534 valence electrons. The fraction of sp³-hybridized carbons (Fsp3) is 0.986. The van der Waals surface area contributed by atoms with Gasteiger partial charge < -0.3 is 89.9 Å². The van der Waals surface area contributed by atoms with Crippen LogP contribution in [0.1, 0.15) is 316 Å². The highest BCUT2D eigenvalue weighted by atomic mass is 16.8. The van der Waals surface area contributed by atoms with Gasteiger partial charge in [0.25, 0.3) is 0 Å². The molecule has 3 aliphatic heterocycles. The molecule has 12 N–H and O–H groups in total. The second-order valence-corrected chi connectivity index (χ2v) is 27.1. The molecule has 0 spiro atoms. The number of aliphatic hydroxyl groups excluding tert-OH is 11. The molecule has 3 rings (SSSR count). The fourth-order valence-corrected chi connectivity index (χ4v) is 13.1. The van der Waals surface area contributed by atoms with Crippen LogP contribution in [-0.4, -0.2) is 193 Å². The summed E-state index contributed by atoms with van der Waals surface area (Å²) in [6.45, 7) is 1.72. The van der Waals surface area contributed by atoms with Crippen LogP contribution in [0, 0.1) is 0 Å². The van der Waals surface area contributed by atoms with Crippen molar-refractivity contribution in [3.63, 3.8) is 0 Å². The van der Waals surface area contributed by atoms with Gasteiger partial charge in [0.05, 0.1) is 38.6 Å². The highest BCUT2D eigenvalue weighted by molar-refractivity contribution is 5.76. The van der Waals surface area contributed by atoms with Crippen LogP contribution >= 0.6 is 0 Å². The van der Waals surface area contributed by atoms with E-state index >= 15 is 0 Å². The van der Waals surface area contributed by atoms with E-state index in [9.17, 15) is 61.0 Å². The molecule has 0 radical (unpaired) electrons. The number of amides is 1. The largest absolute Gasteiger partial charge is 0.394 e. The quantitative estimate of drug-likeness (QED) is 0.0252. The van der Waals surface area contributed by atoms with Gasteiger partial charge in [-0.1, -0.05) is 296 Å². The molecular weight excluding hydrogens is 1150 g/mol. The molecule has 1 amide bonds. The lowest BCUT2D eigenvalue weighted by atomic mass is 9.96. The molecule has 19 heteroatoms. The Morgan fingerprint density at radius 3 is 0.967 bits per heavy atom. The van der Waals surface area contributed by atoms with Crippen molar-refractivity contribution in [2.45, 2.75) is 420 Å². The molecule has 3 saturated heterocycles. The Labute approximate surface area is 544 Å². The summed E-state index contributed by atoms with van der Waals surface area (Å²) >= 11 is 0. The van der Waals surface area contributed by atoms with Gasteiger partial charge in [0.15, 0.2) is 18.9 Å². The monoisotopic (exact) mass is 1290 g/mol. The summed E-state index contributed by atoms with van der Waals surface area (Å²) in [7, 11) is 0. The van der Waals surface area contributed by atoms with Gasteiger partial charge in [-0.05, 0) is 12.8 Å². The summed E-state index contributed by atoms with van der Waals surface area (Å²) in [4.78, 5) is 13.3. The van der Waals surface area contributed by atoms with E-state index in [2.05, 4.69) is 19.2 Å². The summed E-state index contributed by atoms with van der Waals surface area (Å²) in [6, 6.07) is -0.878. The second-order valence-electron chi connectivity index (χ2n) is 27.1. The van der Waals surface area contributed by atoms with Crippen LogP contribution in [0.15, 0.2) is 0 Å². The van der Waals surface area contributed by atoms with Crippen molar-refractivity contribution in [1.82, 2.24) is 5.32 Å². The zero-order chi connectivity index (χ0) is 65.4. The lowest BCUT2D eigenvalue weighted by Gasteiger charge is -2.48. The van der Waals surface area contributed by atoms with Crippen molar-refractivity contribution in [3.8, 4) is 0 Å². The van der Waals surface area contributed by atoms with Gasteiger partial charge in [0.1, 0.15) is 73.2 Å². The van der Waals surface area contributed by atoms with Gasteiger partial charge >= 0.3 is 0 Å². The lowest BCUT2D eigenvalue weighted by molar-refractivity contribution is -0.379. The fourth-order valence-electron chi connectivity index (χ4n) is 13.1. The molecule has 17 unspecified atom stereocenters. The number of carbonyl (C=O) groups excluding carboxylic acids is 1. The van der Waals surface area contributed by atoms with Crippen molar-refractivity contribution >= 4 is 5.91 Å². The molecule has 19 nitrogen and oxygen atoms in total. The smallest absolute Gasteiger partial charge is 0.220 e. The van der Waals surface area contributed by atoms with Gasteiger partial charge in [-0.2, -0.15) is 0 Å². The number of hydrogen-bond donors (Lipinski definition) is 12. The maximum atomic E-state index is 13.3. The zero-order valence-corrected chi connectivity index (χ0v) is 56.7. The third-order valence-corrected chi connectivity index (χ3v) is 19.2. The van der Waals surface area contributed by atoms with Crippen LogP contribution in [-0.2, 0) is 33.2 Å². The van der Waals surface area contributed by atoms with Gasteiger partial charge in [-0.25, -0.2) is 0 Å². The Bertz CT molecular complexity index is 1640. The average Bonchev–Trinajstić information content (AvgIpc) is 0.815. The molecule has 0 saturated carbocycles. The van der Waals surface area contributed by atoms with E-state index in [0.717, 1.165) is 51.4 Å². The molecular formula is C71H137NO18. The number of aliphatic hydroxyl groups is 11. The predicted octanol–water partition coefficient (Wildman–Crippen LogP) is 10.7. The predicted molar refractivity (Wildman–Crippen MR) is 351 cm³/mol. The molecule has 0 aromatic heterocycles. The van der Waals surface area contributed by atoms with E-state index in [1.807, 2.05) is 0 Å². The van der Waals surface area contributed by atoms with E-state index in [4.69, 9.17) is 28.4 Å². The third kappa shape index (κ3) is 35.2. The van der Waals surface area contributed by atoms with Crippen LogP contribution in [0.4, 0.5) is 0 Å². The molecule has 0 aromatic rings.